The van der Waals surface area contributed by atoms with E-state index in [1.54, 1.807) is 44.2 Å². The summed E-state index contributed by atoms with van der Waals surface area (Å²) < 4.78 is 23.4. The molecule has 10 nitrogen and oxygen atoms in total. The van der Waals surface area contributed by atoms with Crippen molar-refractivity contribution in [2.75, 3.05) is 7.11 Å². The van der Waals surface area contributed by atoms with Crippen LogP contribution in [0.5, 0.6) is 5.75 Å². The molecule has 1 aliphatic heterocycles. The smallest absolute Gasteiger partial charge is 0.302 e. The lowest BCUT2D eigenvalue weighted by Gasteiger charge is -2.37. The highest BCUT2D eigenvalue weighted by Crippen LogP contribution is 2.69. The molecule has 10 heteroatoms. The van der Waals surface area contributed by atoms with E-state index in [-0.39, 0.29) is 18.1 Å². The van der Waals surface area contributed by atoms with Crippen molar-refractivity contribution < 1.29 is 48.3 Å². The Kier molecular flexibility index (Phi) is 7.57. The van der Waals surface area contributed by atoms with E-state index in [0.717, 1.165) is 0 Å². The maximum atomic E-state index is 14.3. The summed E-state index contributed by atoms with van der Waals surface area (Å²) in [4.78, 5) is 52.4. The average Bonchev–Trinajstić information content (AvgIpc) is 3.72. The number of benzene rings is 1. The van der Waals surface area contributed by atoms with Gasteiger partial charge in [-0.05, 0) is 48.4 Å². The fourth-order valence-corrected chi connectivity index (χ4v) is 8.50. The van der Waals surface area contributed by atoms with E-state index in [2.05, 4.69) is 0 Å². The van der Waals surface area contributed by atoms with Crippen molar-refractivity contribution in [3.8, 4) is 5.75 Å². The Hall–Kier alpha value is -3.24. The van der Waals surface area contributed by atoms with Crippen molar-refractivity contribution in [3.05, 3.63) is 41.5 Å². The molecule has 4 aliphatic rings. The Morgan fingerprint density at radius 3 is 2.12 bits per heavy atom. The SMILES string of the molecule is COc1ccc(C(C(=O)[O-])C2C(C)=CC34OC3(CC(C)C4O)C(=O)C(C)C(OC(C)=O)C3C(C2OC(C)=O)C3(C)C)cc1. The van der Waals surface area contributed by atoms with E-state index in [1.807, 2.05) is 20.8 Å². The van der Waals surface area contributed by atoms with Gasteiger partial charge in [0.2, 0.25) is 0 Å². The molecule has 1 aromatic rings. The van der Waals surface area contributed by atoms with Crippen LogP contribution in [0.4, 0.5) is 0 Å². The van der Waals surface area contributed by atoms with E-state index < -0.39 is 82.4 Å². The molecule has 234 valence electrons. The van der Waals surface area contributed by atoms with Crippen LogP contribution in [-0.2, 0) is 33.4 Å². The Morgan fingerprint density at radius 2 is 1.58 bits per heavy atom. The number of ether oxygens (including phenoxy) is 4. The first-order valence-corrected chi connectivity index (χ1v) is 14.8. The number of hydrogen-bond donors (Lipinski definition) is 1. The number of aliphatic hydroxyl groups excluding tert-OH is 1. The summed E-state index contributed by atoms with van der Waals surface area (Å²) in [5.74, 6) is -6.58. The fourth-order valence-electron chi connectivity index (χ4n) is 8.50. The Labute approximate surface area is 251 Å². The van der Waals surface area contributed by atoms with Crippen molar-refractivity contribution in [1.82, 2.24) is 0 Å². The van der Waals surface area contributed by atoms with Gasteiger partial charge in [0.05, 0.1) is 19.1 Å². The summed E-state index contributed by atoms with van der Waals surface area (Å²) >= 11 is 0. The van der Waals surface area contributed by atoms with Crippen LogP contribution in [0.3, 0.4) is 0 Å². The first-order valence-electron chi connectivity index (χ1n) is 14.8. The van der Waals surface area contributed by atoms with Crippen LogP contribution < -0.4 is 9.84 Å². The lowest BCUT2D eigenvalue weighted by molar-refractivity contribution is -0.310. The minimum Gasteiger partial charge on any atom is -0.549 e. The third-order valence-corrected chi connectivity index (χ3v) is 10.5. The van der Waals surface area contributed by atoms with Gasteiger partial charge in [-0.3, -0.25) is 14.4 Å². The molecule has 1 saturated heterocycles. The maximum Gasteiger partial charge on any atom is 0.302 e. The molecular formula is C33H41O10-. The van der Waals surface area contributed by atoms with Crippen molar-refractivity contribution in [3.63, 3.8) is 0 Å². The van der Waals surface area contributed by atoms with Gasteiger partial charge >= 0.3 is 11.9 Å². The molecule has 1 heterocycles. The molecule has 0 aromatic heterocycles. The molecule has 5 rings (SSSR count). The summed E-state index contributed by atoms with van der Waals surface area (Å²) in [6, 6.07) is 6.56. The molecule has 0 amide bonds. The van der Waals surface area contributed by atoms with Gasteiger partial charge in [0.15, 0.2) is 11.4 Å². The number of aliphatic hydroxyl groups is 1. The third kappa shape index (κ3) is 4.68. The second-order valence-electron chi connectivity index (χ2n) is 13.5. The first kappa shape index (κ1) is 31.2. The number of carboxylic acid groups (broad SMARTS) is 1. The number of rotatable bonds is 6. The van der Waals surface area contributed by atoms with Crippen LogP contribution in [0.2, 0.25) is 0 Å². The molecule has 11 atom stereocenters. The van der Waals surface area contributed by atoms with Gasteiger partial charge in [0, 0.05) is 43.5 Å². The normalized spacial score (nSPS) is 39.9. The third-order valence-electron chi connectivity index (χ3n) is 10.5. The number of carbonyl (C=O) groups excluding carboxylic acids is 4. The highest BCUT2D eigenvalue weighted by atomic mass is 16.7. The van der Waals surface area contributed by atoms with E-state index in [4.69, 9.17) is 18.9 Å². The number of carboxylic acids is 1. The van der Waals surface area contributed by atoms with Crippen molar-refractivity contribution >= 4 is 23.7 Å². The van der Waals surface area contributed by atoms with E-state index in [1.165, 1.54) is 21.0 Å². The lowest BCUT2D eigenvalue weighted by atomic mass is 9.74. The van der Waals surface area contributed by atoms with Crippen LogP contribution in [0.1, 0.15) is 66.4 Å². The molecule has 1 N–H and O–H groups in total. The lowest BCUT2D eigenvalue weighted by Crippen LogP contribution is -2.43. The van der Waals surface area contributed by atoms with Gasteiger partial charge in [0.25, 0.3) is 0 Å². The molecule has 3 fully saturated rings. The van der Waals surface area contributed by atoms with Gasteiger partial charge in [-0.25, -0.2) is 0 Å². The summed E-state index contributed by atoms with van der Waals surface area (Å²) in [5.41, 5.74) is -2.48. The second-order valence-corrected chi connectivity index (χ2v) is 13.5. The number of epoxide rings is 1. The number of methoxy groups -OCH3 is 1. The number of Topliss-reactive ketones (excluding diaryl/α,β-unsaturated/α-hetero) is 1. The molecule has 0 radical (unpaired) electrons. The molecule has 43 heavy (non-hydrogen) atoms. The molecule has 1 aromatic carbocycles. The number of carbonyl (C=O) groups is 4. The van der Waals surface area contributed by atoms with Gasteiger partial charge < -0.3 is 34.0 Å². The number of hydrogen-bond acceptors (Lipinski definition) is 10. The quantitative estimate of drug-likeness (QED) is 0.294. The summed E-state index contributed by atoms with van der Waals surface area (Å²) in [5, 5.41) is 24.5. The maximum absolute atomic E-state index is 14.3. The summed E-state index contributed by atoms with van der Waals surface area (Å²) in [6.45, 7) is 11.7. The molecule has 0 bridgehead atoms. The van der Waals surface area contributed by atoms with Gasteiger partial charge in [-0.15, -0.1) is 0 Å². The largest absolute Gasteiger partial charge is 0.549 e. The summed E-state index contributed by atoms with van der Waals surface area (Å²) in [6.07, 6.45) is -1.02. The van der Waals surface area contributed by atoms with Crippen LogP contribution >= 0.6 is 0 Å². The Bertz CT molecular complexity index is 1360. The standard InChI is InChI=1S/C33H42O10/c1-15-13-32-28(36)16(2)14-33(32,43-32)29(37)17(3)26(41-18(4)34)24-25(31(24,6)7)27(42-19(5)35)22(15)23(30(38)39)20-9-11-21(40-8)12-10-20/h9-13,16-17,22-28,36H,14H2,1-8H3,(H,38,39)/p-1. The van der Waals surface area contributed by atoms with E-state index in [9.17, 15) is 29.4 Å². The molecule has 11 unspecified atom stereocenters. The fraction of sp³-hybridized carbons (Fsp3) is 0.636. The molecule has 0 spiro atoms. The minimum absolute atomic E-state index is 0.256. The highest BCUT2D eigenvalue weighted by molar-refractivity contribution is 5.96. The number of ketones is 1. The van der Waals surface area contributed by atoms with Crippen molar-refractivity contribution in [1.29, 1.82) is 0 Å². The predicted molar refractivity (Wildman–Crippen MR) is 150 cm³/mol. The minimum atomic E-state index is -1.40. The van der Waals surface area contributed by atoms with Crippen LogP contribution in [-0.4, -0.2) is 65.4 Å². The second kappa shape index (κ2) is 10.4. The highest BCUT2D eigenvalue weighted by Gasteiger charge is 2.82. The van der Waals surface area contributed by atoms with E-state index in [0.29, 0.717) is 16.9 Å². The van der Waals surface area contributed by atoms with Crippen molar-refractivity contribution in [2.24, 2.45) is 35.0 Å². The zero-order valence-corrected chi connectivity index (χ0v) is 25.9. The monoisotopic (exact) mass is 597 g/mol. The zero-order valence-electron chi connectivity index (χ0n) is 25.9. The number of esters is 2. The predicted octanol–water partition coefficient (Wildman–Crippen LogP) is 2.35. The van der Waals surface area contributed by atoms with Crippen LogP contribution in [0, 0.1) is 35.0 Å². The molecule has 3 aliphatic carbocycles. The number of aliphatic carboxylic acids is 1. The molecular weight excluding hydrogens is 556 g/mol. The Balaban J connectivity index is 1.77. The number of fused-ring (bicyclic) bond motifs is 1. The Morgan fingerprint density at radius 1 is 1.02 bits per heavy atom. The van der Waals surface area contributed by atoms with Gasteiger partial charge in [0.1, 0.15) is 23.6 Å². The van der Waals surface area contributed by atoms with Crippen LogP contribution in [0.15, 0.2) is 35.9 Å². The van der Waals surface area contributed by atoms with E-state index >= 15 is 0 Å². The molecule has 2 saturated carbocycles. The summed E-state index contributed by atoms with van der Waals surface area (Å²) in [7, 11) is 1.51. The topological polar surface area (TPSA) is 152 Å². The average molecular weight is 598 g/mol. The first-order chi connectivity index (χ1) is 20.0. The zero-order chi connectivity index (χ0) is 31.8. The van der Waals surface area contributed by atoms with Gasteiger partial charge in [-0.2, -0.15) is 0 Å². The van der Waals surface area contributed by atoms with Gasteiger partial charge in [-0.1, -0.05) is 45.4 Å². The van der Waals surface area contributed by atoms with Crippen molar-refractivity contribution in [2.45, 2.75) is 90.3 Å². The van der Waals surface area contributed by atoms with Crippen LogP contribution in [0.25, 0.3) is 0 Å².